The number of rotatable bonds is 5. The molecule has 1 heterocycles. The van der Waals surface area contributed by atoms with Crippen molar-refractivity contribution in [3.8, 4) is 5.75 Å². The van der Waals surface area contributed by atoms with Crippen molar-refractivity contribution in [3.05, 3.63) is 46.8 Å². The molecule has 5 heteroatoms. The normalized spacial score (nSPS) is 12.4. The molecule has 0 fully saturated rings. The van der Waals surface area contributed by atoms with E-state index < -0.39 is 0 Å². The van der Waals surface area contributed by atoms with Gasteiger partial charge in [0.25, 0.3) is 0 Å². The van der Waals surface area contributed by atoms with Crippen LogP contribution in [0.25, 0.3) is 0 Å². The summed E-state index contributed by atoms with van der Waals surface area (Å²) < 4.78 is 10.7. The molecule has 0 saturated heterocycles. The highest BCUT2D eigenvalue weighted by Crippen LogP contribution is 2.28. The highest BCUT2D eigenvalue weighted by Gasteiger charge is 2.11. The second-order valence-corrected chi connectivity index (χ2v) is 4.40. The minimum atomic E-state index is 0.161. The fraction of sp³-hybridized carbons (Fsp3) is 0.308. The first-order chi connectivity index (χ1) is 8.70. The molecule has 0 aliphatic carbocycles. The van der Waals surface area contributed by atoms with Crippen LogP contribution >= 0.6 is 11.6 Å². The van der Waals surface area contributed by atoms with E-state index in [1.54, 1.807) is 12.3 Å². The van der Waals surface area contributed by atoms with Crippen molar-refractivity contribution in [2.24, 2.45) is 0 Å². The van der Waals surface area contributed by atoms with E-state index in [2.05, 4.69) is 10.5 Å². The minimum absolute atomic E-state index is 0.161. The summed E-state index contributed by atoms with van der Waals surface area (Å²) >= 11 is 6.01. The summed E-state index contributed by atoms with van der Waals surface area (Å²) in [5.74, 6) is 1.48. The van der Waals surface area contributed by atoms with Gasteiger partial charge >= 0.3 is 0 Å². The number of ether oxygens (including phenoxy) is 1. The largest absolute Gasteiger partial charge is 0.485 e. The lowest BCUT2D eigenvalue weighted by Crippen LogP contribution is -2.13. The predicted octanol–water partition coefficient (Wildman–Crippen LogP) is 3.19. The second kappa shape index (κ2) is 5.89. The zero-order valence-corrected chi connectivity index (χ0v) is 11.1. The summed E-state index contributed by atoms with van der Waals surface area (Å²) in [7, 11) is 1.89. The third-order valence-electron chi connectivity index (χ3n) is 2.73. The van der Waals surface area contributed by atoms with E-state index in [1.807, 2.05) is 32.2 Å². The highest BCUT2D eigenvalue weighted by atomic mass is 35.5. The summed E-state index contributed by atoms with van der Waals surface area (Å²) in [4.78, 5) is 0. The van der Waals surface area contributed by atoms with Crippen LogP contribution in [0.3, 0.4) is 0 Å². The maximum atomic E-state index is 6.01. The molecule has 0 aliphatic rings. The molecule has 0 bridgehead atoms. The van der Waals surface area contributed by atoms with Crippen LogP contribution in [0.2, 0.25) is 5.02 Å². The number of halogens is 1. The summed E-state index contributed by atoms with van der Waals surface area (Å²) in [6.45, 7) is 2.40. The van der Waals surface area contributed by atoms with Crippen LogP contribution < -0.4 is 10.1 Å². The maximum absolute atomic E-state index is 6.01. The molecule has 1 aromatic carbocycles. The van der Waals surface area contributed by atoms with E-state index >= 15 is 0 Å². The van der Waals surface area contributed by atoms with Crippen molar-refractivity contribution >= 4 is 11.6 Å². The van der Waals surface area contributed by atoms with Crippen LogP contribution in [0.15, 0.2) is 35.0 Å². The monoisotopic (exact) mass is 266 g/mol. The average Bonchev–Trinajstić information content (AvgIpc) is 2.89. The van der Waals surface area contributed by atoms with Gasteiger partial charge in [0.2, 0.25) is 0 Å². The molecule has 18 heavy (non-hydrogen) atoms. The fourth-order valence-corrected chi connectivity index (χ4v) is 1.79. The smallest absolute Gasteiger partial charge is 0.174 e. The van der Waals surface area contributed by atoms with E-state index in [-0.39, 0.29) is 6.04 Å². The van der Waals surface area contributed by atoms with Crippen LogP contribution in [0.5, 0.6) is 5.75 Å². The molecule has 0 radical (unpaired) electrons. The van der Waals surface area contributed by atoms with Crippen molar-refractivity contribution in [1.29, 1.82) is 0 Å². The summed E-state index contributed by atoms with van der Waals surface area (Å²) in [6.07, 6.45) is 1.59. The number of hydrogen-bond donors (Lipinski definition) is 1. The molecular weight excluding hydrogens is 252 g/mol. The van der Waals surface area contributed by atoms with Gasteiger partial charge in [-0.25, -0.2) is 0 Å². The molecule has 2 aromatic rings. The molecule has 2 rings (SSSR count). The van der Waals surface area contributed by atoms with E-state index in [4.69, 9.17) is 20.9 Å². The maximum Gasteiger partial charge on any atom is 0.174 e. The van der Waals surface area contributed by atoms with Crippen molar-refractivity contribution in [1.82, 2.24) is 10.5 Å². The van der Waals surface area contributed by atoms with Crippen molar-refractivity contribution < 1.29 is 9.26 Å². The Bertz CT molecular complexity index is 500. The van der Waals surface area contributed by atoms with Gasteiger partial charge in [-0.3, -0.25) is 0 Å². The number of nitrogens with zero attached hydrogens (tertiary/aromatic N) is 1. The highest BCUT2D eigenvalue weighted by molar-refractivity contribution is 6.30. The SMILES string of the molecule is CNC(C)c1cc(Cl)ccc1OCc1ccno1. The standard InChI is InChI=1S/C13H15ClN2O2/c1-9(15-2)12-7-10(14)3-4-13(12)17-8-11-5-6-16-18-11/h3-7,9,15H,8H2,1-2H3. The third kappa shape index (κ3) is 3.03. The van der Waals surface area contributed by atoms with Gasteiger partial charge in [-0.15, -0.1) is 0 Å². The van der Waals surface area contributed by atoms with Gasteiger partial charge in [-0.1, -0.05) is 16.8 Å². The molecule has 96 valence electrons. The first-order valence-electron chi connectivity index (χ1n) is 5.69. The Morgan fingerprint density at radius 1 is 1.44 bits per heavy atom. The van der Waals surface area contributed by atoms with Gasteiger partial charge in [0, 0.05) is 22.7 Å². The van der Waals surface area contributed by atoms with Crippen LogP contribution in [0.4, 0.5) is 0 Å². The van der Waals surface area contributed by atoms with E-state index in [9.17, 15) is 0 Å². The van der Waals surface area contributed by atoms with Crippen LogP contribution in [-0.4, -0.2) is 12.2 Å². The minimum Gasteiger partial charge on any atom is -0.485 e. The van der Waals surface area contributed by atoms with Crippen molar-refractivity contribution in [2.75, 3.05) is 7.05 Å². The quantitative estimate of drug-likeness (QED) is 0.903. The van der Waals surface area contributed by atoms with Gasteiger partial charge in [0.05, 0.1) is 6.20 Å². The lowest BCUT2D eigenvalue weighted by molar-refractivity contribution is 0.246. The molecule has 1 unspecified atom stereocenters. The molecule has 0 spiro atoms. The Labute approximate surface area is 111 Å². The Balaban J connectivity index is 2.16. The zero-order valence-electron chi connectivity index (χ0n) is 10.3. The third-order valence-corrected chi connectivity index (χ3v) is 2.97. The van der Waals surface area contributed by atoms with Gasteiger partial charge in [-0.05, 0) is 32.2 Å². The van der Waals surface area contributed by atoms with Gasteiger partial charge < -0.3 is 14.6 Å². The van der Waals surface area contributed by atoms with Crippen LogP contribution in [0.1, 0.15) is 24.3 Å². The van der Waals surface area contributed by atoms with Gasteiger partial charge in [0.15, 0.2) is 5.76 Å². The average molecular weight is 267 g/mol. The molecular formula is C13H15ClN2O2. The summed E-state index contributed by atoms with van der Waals surface area (Å²) in [5.41, 5.74) is 1.02. The Morgan fingerprint density at radius 2 is 2.28 bits per heavy atom. The summed E-state index contributed by atoms with van der Waals surface area (Å²) in [5, 5.41) is 7.50. The number of benzene rings is 1. The van der Waals surface area contributed by atoms with E-state index in [0.717, 1.165) is 11.3 Å². The molecule has 1 aromatic heterocycles. The first-order valence-corrected chi connectivity index (χ1v) is 6.07. The molecule has 1 atom stereocenters. The number of hydrogen-bond acceptors (Lipinski definition) is 4. The van der Waals surface area contributed by atoms with Gasteiger partial charge in [-0.2, -0.15) is 0 Å². The molecule has 0 amide bonds. The van der Waals surface area contributed by atoms with Crippen LogP contribution in [0, 0.1) is 0 Å². The first kappa shape index (κ1) is 12.9. The lowest BCUT2D eigenvalue weighted by Gasteiger charge is -2.16. The summed E-state index contributed by atoms with van der Waals surface area (Å²) in [6, 6.07) is 7.51. The predicted molar refractivity (Wildman–Crippen MR) is 69.8 cm³/mol. The van der Waals surface area contributed by atoms with Crippen molar-refractivity contribution in [2.45, 2.75) is 19.6 Å². The topological polar surface area (TPSA) is 47.3 Å². The van der Waals surface area contributed by atoms with Gasteiger partial charge in [0.1, 0.15) is 12.4 Å². The second-order valence-electron chi connectivity index (χ2n) is 3.96. The molecule has 0 aliphatic heterocycles. The molecule has 0 saturated carbocycles. The Hall–Kier alpha value is -1.52. The Kier molecular flexibility index (Phi) is 4.23. The molecule has 1 N–H and O–H groups in total. The fourth-order valence-electron chi connectivity index (χ4n) is 1.61. The lowest BCUT2D eigenvalue weighted by atomic mass is 10.1. The molecule has 4 nitrogen and oxygen atoms in total. The number of nitrogens with one attached hydrogen (secondary N) is 1. The Morgan fingerprint density at radius 3 is 2.94 bits per heavy atom. The van der Waals surface area contributed by atoms with E-state index in [0.29, 0.717) is 17.4 Å². The van der Waals surface area contributed by atoms with Crippen LogP contribution in [-0.2, 0) is 6.61 Å². The van der Waals surface area contributed by atoms with E-state index in [1.165, 1.54) is 0 Å². The van der Waals surface area contributed by atoms with Crippen molar-refractivity contribution in [3.63, 3.8) is 0 Å². The number of aromatic nitrogens is 1. The zero-order chi connectivity index (χ0) is 13.0.